The van der Waals surface area contributed by atoms with Crippen LogP contribution in [0.1, 0.15) is 36.3 Å². The number of hydrogen-bond donors (Lipinski definition) is 2. The van der Waals surface area contributed by atoms with Gasteiger partial charge in [-0.05, 0) is 31.4 Å². The lowest BCUT2D eigenvalue weighted by molar-refractivity contribution is 0.0915. The second-order valence-electron chi connectivity index (χ2n) is 5.74. The summed E-state index contributed by atoms with van der Waals surface area (Å²) < 4.78 is 1.57. The molecule has 1 aromatic heterocycles. The molecule has 1 aromatic carbocycles. The summed E-state index contributed by atoms with van der Waals surface area (Å²) in [7, 11) is 0. The van der Waals surface area contributed by atoms with Gasteiger partial charge >= 0.3 is 0 Å². The highest BCUT2D eigenvalue weighted by Crippen LogP contribution is 2.08. The highest BCUT2D eigenvalue weighted by atomic mass is 16.3. The lowest BCUT2D eigenvalue weighted by atomic mass is 10.0. The molecule has 0 aliphatic carbocycles. The second-order valence-corrected chi connectivity index (χ2v) is 5.74. The van der Waals surface area contributed by atoms with Crippen LogP contribution in [0.2, 0.25) is 0 Å². The van der Waals surface area contributed by atoms with Crippen LogP contribution in [0.4, 0.5) is 0 Å². The smallest absolute Gasteiger partial charge is 0.273 e. The minimum absolute atomic E-state index is 0.180. The van der Waals surface area contributed by atoms with Crippen LogP contribution < -0.4 is 5.32 Å². The Morgan fingerprint density at radius 2 is 2.00 bits per heavy atom. The van der Waals surface area contributed by atoms with Crippen molar-refractivity contribution in [2.24, 2.45) is 5.92 Å². The molecule has 1 atom stereocenters. The van der Waals surface area contributed by atoms with Crippen molar-refractivity contribution in [3.63, 3.8) is 0 Å². The number of aromatic nitrogens is 3. The van der Waals surface area contributed by atoms with Gasteiger partial charge in [0.05, 0.1) is 18.0 Å². The summed E-state index contributed by atoms with van der Waals surface area (Å²) in [5, 5.41) is 20.3. The molecule has 1 amide bonds. The first-order valence-electron chi connectivity index (χ1n) is 7.43. The van der Waals surface area contributed by atoms with Gasteiger partial charge < -0.3 is 10.4 Å². The molecule has 0 saturated heterocycles. The molecule has 0 radical (unpaired) electrons. The van der Waals surface area contributed by atoms with Gasteiger partial charge in [-0.2, -0.15) is 0 Å². The normalized spacial score (nSPS) is 12.4. The zero-order valence-electron chi connectivity index (χ0n) is 13.2. The topological polar surface area (TPSA) is 80.0 Å². The van der Waals surface area contributed by atoms with Crippen LogP contribution in [-0.4, -0.2) is 38.7 Å². The Labute approximate surface area is 130 Å². The molecule has 0 aliphatic heterocycles. The first-order chi connectivity index (χ1) is 10.5. The van der Waals surface area contributed by atoms with Crippen molar-refractivity contribution in [3.05, 3.63) is 41.7 Å². The van der Waals surface area contributed by atoms with E-state index in [-0.39, 0.29) is 17.5 Å². The van der Waals surface area contributed by atoms with Crippen LogP contribution in [0.5, 0.6) is 0 Å². The molecule has 2 rings (SSSR count). The van der Waals surface area contributed by atoms with Crippen molar-refractivity contribution in [3.8, 4) is 5.69 Å². The maximum atomic E-state index is 12.0. The number of rotatable bonds is 6. The number of aliphatic hydroxyl groups excluding tert-OH is 1. The molecule has 0 fully saturated rings. The van der Waals surface area contributed by atoms with Gasteiger partial charge in [0.25, 0.3) is 5.91 Å². The summed E-state index contributed by atoms with van der Waals surface area (Å²) in [6.45, 7) is 6.31. The Kier molecular flexibility index (Phi) is 5.27. The number of nitrogens with zero attached hydrogens (tertiary/aromatic N) is 3. The van der Waals surface area contributed by atoms with Crippen LogP contribution in [0.15, 0.2) is 30.5 Å². The molecule has 118 valence electrons. The van der Waals surface area contributed by atoms with Crippen LogP contribution >= 0.6 is 0 Å². The molecule has 0 spiro atoms. The number of carbonyl (C=O) groups excluding carboxylic acids is 1. The van der Waals surface area contributed by atoms with E-state index in [4.69, 9.17) is 0 Å². The van der Waals surface area contributed by atoms with Crippen molar-refractivity contribution in [2.75, 3.05) is 6.54 Å². The van der Waals surface area contributed by atoms with Gasteiger partial charge in [-0.25, -0.2) is 4.68 Å². The first-order valence-corrected chi connectivity index (χ1v) is 7.43. The lowest BCUT2D eigenvalue weighted by Crippen LogP contribution is -2.28. The molecule has 2 aromatic rings. The van der Waals surface area contributed by atoms with E-state index in [0.29, 0.717) is 13.0 Å². The predicted octanol–water partition coefficient (Wildman–Crippen LogP) is 1.71. The van der Waals surface area contributed by atoms with E-state index in [0.717, 1.165) is 11.3 Å². The number of aliphatic hydroxyl groups is 1. The molecule has 1 heterocycles. The summed E-state index contributed by atoms with van der Waals surface area (Å²) in [4.78, 5) is 12.0. The third kappa shape index (κ3) is 4.14. The standard InChI is InChI=1S/C16H22N4O2/c1-11(2)15(21)8-9-17-16(22)14-10-20(19-18-14)13-6-4-12(3)5-7-13/h4-7,10-11,15,21H,8-9H2,1-3H3,(H,17,22). The van der Waals surface area contributed by atoms with Crippen molar-refractivity contribution in [2.45, 2.75) is 33.3 Å². The van der Waals surface area contributed by atoms with Crippen molar-refractivity contribution in [1.82, 2.24) is 20.3 Å². The third-order valence-electron chi connectivity index (χ3n) is 3.52. The zero-order chi connectivity index (χ0) is 16.1. The van der Waals surface area contributed by atoms with Gasteiger partial charge in [-0.15, -0.1) is 5.10 Å². The van der Waals surface area contributed by atoms with Crippen LogP contribution in [-0.2, 0) is 0 Å². The van der Waals surface area contributed by atoms with E-state index in [1.165, 1.54) is 0 Å². The van der Waals surface area contributed by atoms with Gasteiger partial charge in [-0.1, -0.05) is 36.8 Å². The van der Waals surface area contributed by atoms with E-state index < -0.39 is 6.10 Å². The predicted molar refractivity (Wildman–Crippen MR) is 83.9 cm³/mol. The number of hydrogen-bond acceptors (Lipinski definition) is 4. The quantitative estimate of drug-likeness (QED) is 0.851. The molecule has 6 nitrogen and oxygen atoms in total. The summed E-state index contributed by atoms with van der Waals surface area (Å²) in [6.07, 6.45) is 1.71. The Bertz CT molecular complexity index is 619. The van der Waals surface area contributed by atoms with Gasteiger partial charge in [0.2, 0.25) is 0 Å². The first kappa shape index (κ1) is 16.2. The number of amides is 1. The van der Waals surface area contributed by atoms with E-state index in [1.54, 1.807) is 10.9 Å². The minimum Gasteiger partial charge on any atom is -0.393 e. The van der Waals surface area contributed by atoms with Gasteiger partial charge in [0.15, 0.2) is 5.69 Å². The summed E-state index contributed by atoms with van der Waals surface area (Å²) in [5.74, 6) is -0.103. The number of aryl methyl sites for hydroxylation is 1. The van der Waals surface area contributed by atoms with Crippen LogP contribution in [0, 0.1) is 12.8 Å². The van der Waals surface area contributed by atoms with Gasteiger partial charge in [-0.3, -0.25) is 4.79 Å². The highest BCUT2D eigenvalue weighted by Gasteiger charge is 2.13. The van der Waals surface area contributed by atoms with Crippen molar-refractivity contribution >= 4 is 5.91 Å². The van der Waals surface area contributed by atoms with E-state index in [9.17, 15) is 9.90 Å². The van der Waals surface area contributed by atoms with E-state index in [1.807, 2.05) is 45.0 Å². The van der Waals surface area contributed by atoms with E-state index in [2.05, 4.69) is 15.6 Å². The molecule has 0 bridgehead atoms. The van der Waals surface area contributed by atoms with Crippen molar-refractivity contribution < 1.29 is 9.90 Å². The fourth-order valence-corrected chi connectivity index (χ4v) is 1.95. The van der Waals surface area contributed by atoms with Crippen molar-refractivity contribution in [1.29, 1.82) is 0 Å². The van der Waals surface area contributed by atoms with Gasteiger partial charge in [0.1, 0.15) is 0 Å². The van der Waals surface area contributed by atoms with E-state index >= 15 is 0 Å². The Balaban J connectivity index is 1.93. The third-order valence-corrected chi connectivity index (χ3v) is 3.52. The Hall–Kier alpha value is -2.21. The second kappa shape index (κ2) is 7.17. The zero-order valence-corrected chi connectivity index (χ0v) is 13.2. The average molecular weight is 302 g/mol. The Morgan fingerprint density at radius 1 is 1.32 bits per heavy atom. The Morgan fingerprint density at radius 3 is 2.64 bits per heavy atom. The monoisotopic (exact) mass is 302 g/mol. The maximum Gasteiger partial charge on any atom is 0.273 e. The summed E-state index contributed by atoms with van der Waals surface area (Å²) >= 11 is 0. The molecule has 2 N–H and O–H groups in total. The number of nitrogens with one attached hydrogen (secondary N) is 1. The molecule has 6 heteroatoms. The van der Waals surface area contributed by atoms with Gasteiger partial charge in [0, 0.05) is 6.54 Å². The molecule has 0 saturated carbocycles. The summed E-state index contributed by atoms with van der Waals surface area (Å²) in [5.41, 5.74) is 2.28. The molecule has 0 aliphatic rings. The maximum absolute atomic E-state index is 12.0. The average Bonchev–Trinajstić information content (AvgIpc) is 2.97. The summed E-state index contributed by atoms with van der Waals surface area (Å²) in [6, 6.07) is 7.80. The fraction of sp³-hybridized carbons (Fsp3) is 0.438. The number of benzene rings is 1. The molecular weight excluding hydrogens is 280 g/mol. The number of carbonyl (C=O) groups is 1. The molecular formula is C16H22N4O2. The minimum atomic E-state index is -0.413. The fourth-order valence-electron chi connectivity index (χ4n) is 1.95. The molecule has 1 unspecified atom stereocenters. The molecule has 22 heavy (non-hydrogen) atoms. The van der Waals surface area contributed by atoms with Crippen LogP contribution in [0.3, 0.4) is 0 Å². The van der Waals surface area contributed by atoms with Crippen LogP contribution in [0.25, 0.3) is 5.69 Å². The largest absolute Gasteiger partial charge is 0.393 e. The highest BCUT2D eigenvalue weighted by molar-refractivity contribution is 5.91. The SMILES string of the molecule is Cc1ccc(-n2cc(C(=O)NCCC(O)C(C)C)nn2)cc1. The lowest BCUT2D eigenvalue weighted by Gasteiger charge is -2.13.